The molecule has 3 rings (SSSR count). The summed E-state index contributed by atoms with van der Waals surface area (Å²) in [5.74, 6) is -0.797. The number of aromatic amines is 1. The Morgan fingerprint density at radius 3 is 2.75 bits per heavy atom. The van der Waals surface area contributed by atoms with Crippen LogP contribution in [0.1, 0.15) is 21.7 Å². The van der Waals surface area contributed by atoms with Crippen molar-refractivity contribution in [1.82, 2.24) is 10.2 Å². The second kappa shape index (κ2) is 6.37. The SMILES string of the molecule is Cc1cc(O)c(C(=O)/C=C/c2c[nH]nc2-c2ccccc2)c(=O)o1. The zero-order valence-corrected chi connectivity index (χ0v) is 12.8. The Morgan fingerprint density at radius 1 is 1.29 bits per heavy atom. The predicted molar refractivity (Wildman–Crippen MR) is 88.8 cm³/mol. The summed E-state index contributed by atoms with van der Waals surface area (Å²) in [4.78, 5) is 24.0. The van der Waals surface area contributed by atoms with E-state index in [0.717, 1.165) is 5.56 Å². The Kier molecular flexibility index (Phi) is 4.11. The first kappa shape index (κ1) is 15.5. The number of benzene rings is 1. The number of allylic oxidation sites excluding steroid dienone is 1. The Balaban J connectivity index is 1.92. The molecule has 6 nitrogen and oxygen atoms in total. The van der Waals surface area contributed by atoms with Crippen molar-refractivity contribution in [2.45, 2.75) is 6.92 Å². The van der Waals surface area contributed by atoms with Crippen LogP contribution >= 0.6 is 0 Å². The largest absolute Gasteiger partial charge is 0.507 e. The Labute approximate surface area is 137 Å². The van der Waals surface area contributed by atoms with Gasteiger partial charge in [0, 0.05) is 23.4 Å². The number of H-pyrrole nitrogens is 1. The lowest BCUT2D eigenvalue weighted by Gasteiger charge is -2.00. The van der Waals surface area contributed by atoms with Gasteiger partial charge in [-0.05, 0) is 19.1 Å². The van der Waals surface area contributed by atoms with Crippen LogP contribution in [0.15, 0.2) is 57.9 Å². The molecule has 0 amide bonds. The third kappa shape index (κ3) is 3.03. The number of aryl methyl sites for hydroxylation is 1. The van der Waals surface area contributed by atoms with E-state index < -0.39 is 17.2 Å². The number of aromatic nitrogens is 2. The summed E-state index contributed by atoms with van der Waals surface area (Å²) in [7, 11) is 0. The van der Waals surface area contributed by atoms with E-state index in [1.807, 2.05) is 30.3 Å². The van der Waals surface area contributed by atoms with Crippen molar-refractivity contribution < 1.29 is 14.3 Å². The summed E-state index contributed by atoms with van der Waals surface area (Å²) in [6.45, 7) is 1.52. The quantitative estimate of drug-likeness (QED) is 0.568. The van der Waals surface area contributed by atoms with Gasteiger partial charge in [-0.25, -0.2) is 4.79 Å². The molecule has 3 aromatic rings. The molecule has 1 aromatic carbocycles. The number of carbonyl (C=O) groups is 1. The lowest BCUT2D eigenvalue weighted by atomic mass is 10.1. The molecule has 2 heterocycles. The molecule has 120 valence electrons. The highest BCUT2D eigenvalue weighted by Crippen LogP contribution is 2.22. The number of rotatable bonds is 4. The summed E-state index contributed by atoms with van der Waals surface area (Å²) >= 11 is 0. The zero-order valence-electron chi connectivity index (χ0n) is 12.8. The van der Waals surface area contributed by atoms with Crippen LogP contribution in [0.2, 0.25) is 0 Å². The molecule has 24 heavy (non-hydrogen) atoms. The number of aromatic hydroxyl groups is 1. The summed E-state index contributed by atoms with van der Waals surface area (Å²) < 4.78 is 4.85. The first-order valence-electron chi connectivity index (χ1n) is 7.21. The minimum atomic E-state index is -0.863. The van der Waals surface area contributed by atoms with Gasteiger partial charge in [-0.2, -0.15) is 5.10 Å². The predicted octanol–water partition coefficient (Wildman–Crippen LogP) is 2.94. The maximum Gasteiger partial charge on any atom is 0.351 e. The van der Waals surface area contributed by atoms with Crippen LogP contribution in [0.4, 0.5) is 0 Å². The average molecular weight is 322 g/mol. The standard InChI is InChI=1S/C18H14N2O4/c1-11-9-15(22)16(18(23)24-11)14(21)8-7-13-10-19-20-17(13)12-5-3-2-4-6-12/h2-10,22H,1H3,(H,19,20)/b8-7+. The molecule has 2 aromatic heterocycles. The van der Waals surface area contributed by atoms with Gasteiger partial charge in [0.1, 0.15) is 17.1 Å². The maximum absolute atomic E-state index is 12.2. The first-order chi connectivity index (χ1) is 11.6. The van der Waals surface area contributed by atoms with Crippen LogP contribution in [0.5, 0.6) is 5.75 Å². The fraction of sp³-hybridized carbons (Fsp3) is 0.0556. The van der Waals surface area contributed by atoms with Crippen LogP contribution in [-0.4, -0.2) is 21.1 Å². The smallest absolute Gasteiger partial charge is 0.351 e. The van der Waals surface area contributed by atoms with Crippen molar-refractivity contribution in [3.8, 4) is 17.0 Å². The third-order valence-corrected chi connectivity index (χ3v) is 3.43. The number of nitrogens with one attached hydrogen (secondary N) is 1. The molecule has 0 spiro atoms. The van der Waals surface area contributed by atoms with Crippen molar-refractivity contribution in [2.24, 2.45) is 0 Å². The van der Waals surface area contributed by atoms with Crippen LogP contribution in [0.3, 0.4) is 0 Å². The number of ketones is 1. The second-order valence-electron chi connectivity index (χ2n) is 5.16. The molecule has 0 atom stereocenters. The zero-order chi connectivity index (χ0) is 17.1. The van der Waals surface area contributed by atoms with E-state index in [2.05, 4.69) is 10.2 Å². The highest BCUT2D eigenvalue weighted by atomic mass is 16.4. The van der Waals surface area contributed by atoms with Crippen molar-refractivity contribution in [2.75, 3.05) is 0 Å². The fourth-order valence-corrected chi connectivity index (χ4v) is 2.33. The Hall–Kier alpha value is -3.41. The first-order valence-corrected chi connectivity index (χ1v) is 7.21. The van der Waals surface area contributed by atoms with Crippen LogP contribution in [0, 0.1) is 6.92 Å². The molecule has 0 fully saturated rings. The minimum Gasteiger partial charge on any atom is -0.507 e. The van der Waals surface area contributed by atoms with Gasteiger partial charge >= 0.3 is 5.63 Å². The van der Waals surface area contributed by atoms with Gasteiger partial charge in [0.2, 0.25) is 0 Å². The van der Waals surface area contributed by atoms with Crippen molar-refractivity contribution in [3.63, 3.8) is 0 Å². The van der Waals surface area contributed by atoms with E-state index in [9.17, 15) is 14.7 Å². The number of nitrogens with zero attached hydrogens (tertiary/aromatic N) is 1. The molecular weight excluding hydrogens is 308 g/mol. The monoisotopic (exact) mass is 322 g/mol. The molecule has 0 saturated carbocycles. The van der Waals surface area contributed by atoms with E-state index in [4.69, 9.17) is 4.42 Å². The second-order valence-corrected chi connectivity index (χ2v) is 5.16. The Bertz CT molecular complexity index is 968. The van der Waals surface area contributed by atoms with Gasteiger partial charge in [-0.3, -0.25) is 9.89 Å². The lowest BCUT2D eigenvalue weighted by Crippen LogP contribution is -2.12. The number of hydrogen-bond donors (Lipinski definition) is 2. The molecule has 0 unspecified atom stereocenters. The van der Waals surface area contributed by atoms with Gasteiger partial charge in [-0.1, -0.05) is 30.3 Å². The number of carbonyl (C=O) groups excluding carboxylic acids is 1. The highest BCUT2D eigenvalue weighted by Gasteiger charge is 2.16. The lowest BCUT2D eigenvalue weighted by molar-refractivity contribution is 0.104. The molecule has 0 aliphatic heterocycles. The minimum absolute atomic E-state index is 0.235. The molecule has 0 aliphatic rings. The van der Waals surface area contributed by atoms with Crippen molar-refractivity contribution in [1.29, 1.82) is 0 Å². The highest BCUT2D eigenvalue weighted by molar-refractivity contribution is 6.08. The molecular formula is C18H14N2O4. The van der Waals surface area contributed by atoms with Gasteiger partial charge in [-0.15, -0.1) is 0 Å². The fourth-order valence-electron chi connectivity index (χ4n) is 2.33. The molecule has 2 N–H and O–H groups in total. The van der Waals surface area contributed by atoms with E-state index in [1.165, 1.54) is 25.1 Å². The summed E-state index contributed by atoms with van der Waals surface area (Å²) in [5.41, 5.74) is 1.01. The van der Waals surface area contributed by atoms with E-state index in [0.29, 0.717) is 11.3 Å². The third-order valence-electron chi connectivity index (χ3n) is 3.43. The van der Waals surface area contributed by atoms with Crippen LogP contribution in [0.25, 0.3) is 17.3 Å². The molecule has 0 aliphatic carbocycles. The molecule has 0 saturated heterocycles. The van der Waals surface area contributed by atoms with Gasteiger partial charge in [0.05, 0.1) is 5.69 Å². The normalized spacial score (nSPS) is 11.0. The van der Waals surface area contributed by atoms with Gasteiger partial charge in [0.15, 0.2) is 5.78 Å². The van der Waals surface area contributed by atoms with Gasteiger partial charge < -0.3 is 9.52 Å². The van der Waals surface area contributed by atoms with Crippen LogP contribution < -0.4 is 5.63 Å². The maximum atomic E-state index is 12.2. The van der Waals surface area contributed by atoms with E-state index in [-0.39, 0.29) is 11.3 Å². The summed E-state index contributed by atoms with van der Waals surface area (Å²) in [5, 5.41) is 16.7. The van der Waals surface area contributed by atoms with Crippen LogP contribution in [-0.2, 0) is 0 Å². The molecule has 0 radical (unpaired) electrons. The summed E-state index contributed by atoms with van der Waals surface area (Å²) in [6, 6.07) is 10.7. The average Bonchev–Trinajstić information content (AvgIpc) is 3.01. The Morgan fingerprint density at radius 2 is 2.04 bits per heavy atom. The van der Waals surface area contributed by atoms with E-state index in [1.54, 1.807) is 6.20 Å². The molecule has 0 bridgehead atoms. The number of hydrogen-bond acceptors (Lipinski definition) is 5. The summed E-state index contributed by atoms with van der Waals surface area (Å²) in [6.07, 6.45) is 4.38. The molecule has 6 heteroatoms. The van der Waals surface area contributed by atoms with Crippen molar-refractivity contribution >= 4 is 11.9 Å². The van der Waals surface area contributed by atoms with E-state index >= 15 is 0 Å². The topological polar surface area (TPSA) is 96.2 Å². The van der Waals surface area contributed by atoms with Gasteiger partial charge in [0.25, 0.3) is 0 Å². The van der Waals surface area contributed by atoms with Crippen molar-refractivity contribution in [3.05, 3.63) is 76.0 Å².